The molecule has 5 fully saturated rings. The van der Waals surface area contributed by atoms with E-state index in [0.717, 1.165) is 17.1 Å². The topological polar surface area (TPSA) is 40.5 Å². The quantitative estimate of drug-likeness (QED) is 0.421. The van der Waals surface area contributed by atoms with Crippen molar-refractivity contribution < 1.29 is 10.2 Å². The first-order valence-electron chi connectivity index (χ1n) is 12.1. The highest BCUT2D eigenvalue weighted by atomic mass is 35.5. The zero-order valence-corrected chi connectivity index (χ0v) is 19.3. The van der Waals surface area contributed by atoms with Crippen LogP contribution in [-0.4, -0.2) is 27.8 Å². The van der Waals surface area contributed by atoms with Gasteiger partial charge in [0.15, 0.2) is 0 Å². The number of allylic oxidation sites excluding steroid dienone is 5. The predicted molar refractivity (Wildman–Crippen MR) is 123 cm³/mol. The Kier molecular flexibility index (Phi) is 5.16. The van der Waals surface area contributed by atoms with Gasteiger partial charge in [-0.05, 0) is 91.3 Å². The fourth-order valence-corrected chi connectivity index (χ4v) is 7.91. The SMILES string of the molecule is C=C1/C(=C\C=C2/CCC[C@@]3(C)C2CC[C@@H]3[C@H](C)/C=C2/C(Cl)C23CC3)C[C@@H](O)C[C@@H]1O. The molecule has 5 aliphatic rings. The summed E-state index contributed by atoms with van der Waals surface area (Å²) in [6.07, 6.45) is 15.9. The third-order valence-corrected chi connectivity index (χ3v) is 10.1. The van der Waals surface area contributed by atoms with E-state index in [2.05, 4.69) is 38.7 Å². The van der Waals surface area contributed by atoms with Gasteiger partial charge in [0.1, 0.15) is 0 Å². The number of aliphatic hydroxyl groups excluding tert-OH is 2. The summed E-state index contributed by atoms with van der Waals surface area (Å²) in [4.78, 5) is 0. The highest BCUT2D eigenvalue weighted by molar-refractivity contribution is 6.27. The van der Waals surface area contributed by atoms with E-state index in [0.29, 0.717) is 40.9 Å². The van der Waals surface area contributed by atoms with Crippen molar-refractivity contribution in [3.05, 3.63) is 47.1 Å². The van der Waals surface area contributed by atoms with E-state index in [1.807, 2.05) is 0 Å². The van der Waals surface area contributed by atoms with Gasteiger partial charge in [0.25, 0.3) is 0 Å². The lowest BCUT2D eigenvalue weighted by Crippen LogP contribution is -2.35. The molecule has 7 atom stereocenters. The number of hydrogen-bond acceptors (Lipinski definition) is 2. The van der Waals surface area contributed by atoms with Gasteiger partial charge in [0.05, 0.1) is 17.6 Å². The van der Waals surface area contributed by atoms with Gasteiger partial charge in [-0.3, -0.25) is 0 Å². The maximum atomic E-state index is 10.1. The molecule has 0 aromatic carbocycles. The van der Waals surface area contributed by atoms with E-state index in [-0.39, 0.29) is 0 Å². The summed E-state index contributed by atoms with van der Waals surface area (Å²) in [5, 5.41) is 20.5. The van der Waals surface area contributed by atoms with Crippen LogP contribution in [0.2, 0.25) is 0 Å². The lowest BCUT2D eigenvalue weighted by molar-refractivity contribution is 0.0862. The molecule has 0 amide bonds. The molecule has 0 aromatic heterocycles. The average molecular weight is 429 g/mol. The second-order valence-corrected chi connectivity index (χ2v) is 11.6. The van der Waals surface area contributed by atoms with Crippen LogP contribution in [0.1, 0.15) is 71.6 Å². The second-order valence-electron chi connectivity index (χ2n) is 11.2. The molecule has 0 heterocycles. The predicted octanol–water partition coefficient (Wildman–Crippen LogP) is 6.09. The highest BCUT2D eigenvalue weighted by Crippen LogP contribution is 2.73. The summed E-state index contributed by atoms with van der Waals surface area (Å²) in [5.41, 5.74) is 5.72. The van der Waals surface area contributed by atoms with Crippen LogP contribution in [0.4, 0.5) is 0 Å². The Morgan fingerprint density at radius 1 is 1.17 bits per heavy atom. The van der Waals surface area contributed by atoms with Crippen LogP contribution in [-0.2, 0) is 0 Å². The van der Waals surface area contributed by atoms with E-state index in [1.165, 1.54) is 44.9 Å². The lowest BCUT2D eigenvalue weighted by atomic mass is 9.61. The summed E-state index contributed by atoms with van der Waals surface area (Å²) in [7, 11) is 0. The van der Waals surface area contributed by atoms with Crippen molar-refractivity contribution in [1.29, 1.82) is 0 Å². The van der Waals surface area contributed by atoms with Crippen LogP contribution >= 0.6 is 11.6 Å². The first kappa shape index (κ1) is 21.0. The van der Waals surface area contributed by atoms with Crippen LogP contribution in [0.15, 0.2) is 47.1 Å². The van der Waals surface area contributed by atoms with E-state index in [4.69, 9.17) is 11.6 Å². The molecular formula is C27H37ClO2. The Balaban J connectivity index is 1.35. The molecule has 30 heavy (non-hydrogen) atoms. The Morgan fingerprint density at radius 2 is 1.93 bits per heavy atom. The van der Waals surface area contributed by atoms with Crippen LogP contribution in [0.25, 0.3) is 0 Å². The maximum absolute atomic E-state index is 10.1. The van der Waals surface area contributed by atoms with Crippen LogP contribution in [0, 0.1) is 28.6 Å². The first-order chi connectivity index (χ1) is 14.3. The van der Waals surface area contributed by atoms with Crippen molar-refractivity contribution in [2.75, 3.05) is 0 Å². The molecule has 0 aliphatic heterocycles. The third kappa shape index (κ3) is 3.29. The van der Waals surface area contributed by atoms with Crippen molar-refractivity contribution in [1.82, 2.24) is 0 Å². The molecule has 2 nitrogen and oxygen atoms in total. The number of rotatable bonds is 3. The van der Waals surface area contributed by atoms with Crippen LogP contribution < -0.4 is 0 Å². The smallest absolute Gasteiger partial charge is 0.0811 e. The van der Waals surface area contributed by atoms with Gasteiger partial charge in [0, 0.05) is 11.8 Å². The van der Waals surface area contributed by atoms with Gasteiger partial charge in [-0.2, -0.15) is 0 Å². The summed E-state index contributed by atoms with van der Waals surface area (Å²) >= 11 is 6.57. The molecule has 1 spiro atoms. The monoisotopic (exact) mass is 428 g/mol. The van der Waals surface area contributed by atoms with Crippen molar-refractivity contribution in [3.63, 3.8) is 0 Å². The number of hydrogen-bond donors (Lipinski definition) is 2. The van der Waals surface area contributed by atoms with E-state index < -0.39 is 12.2 Å². The fraction of sp³-hybridized carbons (Fsp3) is 0.704. The molecule has 2 unspecified atom stereocenters. The van der Waals surface area contributed by atoms with E-state index >= 15 is 0 Å². The minimum Gasteiger partial charge on any atom is -0.393 e. The molecule has 164 valence electrons. The van der Waals surface area contributed by atoms with E-state index in [9.17, 15) is 10.2 Å². The van der Waals surface area contributed by atoms with Crippen molar-refractivity contribution in [2.24, 2.45) is 28.6 Å². The van der Waals surface area contributed by atoms with Crippen LogP contribution in [0.5, 0.6) is 0 Å². The Labute approximate surface area is 186 Å². The van der Waals surface area contributed by atoms with Crippen molar-refractivity contribution in [2.45, 2.75) is 89.2 Å². The van der Waals surface area contributed by atoms with Crippen LogP contribution in [0.3, 0.4) is 0 Å². The Hall–Kier alpha value is -0.830. The summed E-state index contributed by atoms with van der Waals surface area (Å²) in [5.74, 6) is 2.00. The molecule has 2 N–H and O–H groups in total. The summed E-state index contributed by atoms with van der Waals surface area (Å²) in [6, 6.07) is 0. The Morgan fingerprint density at radius 3 is 2.63 bits per heavy atom. The van der Waals surface area contributed by atoms with Crippen molar-refractivity contribution in [3.8, 4) is 0 Å². The summed E-state index contributed by atoms with van der Waals surface area (Å²) < 4.78 is 0. The average Bonchev–Trinajstić information content (AvgIpc) is 3.55. The Bertz CT molecular complexity index is 832. The molecule has 5 saturated carbocycles. The summed E-state index contributed by atoms with van der Waals surface area (Å²) in [6.45, 7) is 9.04. The van der Waals surface area contributed by atoms with Gasteiger partial charge >= 0.3 is 0 Å². The number of alkyl halides is 1. The zero-order chi connectivity index (χ0) is 21.3. The van der Waals surface area contributed by atoms with Gasteiger partial charge < -0.3 is 10.2 Å². The molecule has 0 aromatic rings. The van der Waals surface area contributed by atoms with Gasteiger partial charge in [-0.15, -0.1) is 11.6 Å². The standard InChI is InChI=1S/C27H37ClO2/c1-16(13-23-25(28)27(23)11-12-27)21-8-9-22-18(5-4-10-26(21,22)3)6-7-19-14-20(29)15-24(30)17(19)2/h6-7,13,16,20-22,24-25,29-30H,2,4-5,8-12,14-15H2,1,3H3/b18-6+,19-7-,23-13-/t16-,20-,21-,22?,24+,25?,26-/m1/s1. The molecule has 0 saturated heterocycles. The fourth-order valence-electron chi connectivity index (χ4n) is 7.34. The normalized spacial score (nSPS) is 47.2. The first-order valence-corrected chi connectivity index (χ1v) is 12.5. The third-order valence-electron chi connectivity index (χ3n) is 9.42. The molecule has 0 bridgehead atoms. The van der Waals surface area contributed by atoms with Gasteiger partial charge in [0.2, 0.25) is 0 Å². The number of fused-ring (bicyclic) bond motifs is 1. The zero-order valence-electron chi connectivity index (χ0n) is 18.5. The van der Waals surface area contributed by atoms with Gasteiger partial charge in [-0.1, -0.05) is 44.2 Å². The van der Waals surface area contributed by atoms with Gasteiger partial charge in [-0.25, -0.2) is 0 Å². The highest BCUT2D eigenvalue weighted by Gasteiger charge is 2.67. The lowest BCUT2D eigenvalue weighted by Gasteiger charge is -2.44. The second kappa shape index (κ2) is 7.36. The molecule has 5 aliphatic carbocycles. The minimum atomic E-state index is -0.609. The molecule has 3 heteroatoms. The molecule has 5 rings (SSSR count). The maximum Gasteiger partial charge on any atom is 0.0811 e. The molecular weight excluding hydrogens is 392 g/mol. The number of aliphatic hydroxyl groups is 2. The van der Waals surface area contributed by atoms with E-state index in [1.54, 1.807) is 11.1 Å². The largest absolute Gasteiger partial charge is 0.393 e. The van der Waals surface area contributed by atoms with Crippen molar-refractivity contribution >= 4 is 11.6 Å². The minimum absolute atomic E-state index is 0.327. The number of halogens is 1. The molecule has 0 radical (unpaired) electrons.